The Labute approximate surface area is 119 Å². The Balaban J connectivity index is 1.87. The van der Waals surface area contributed by atoms with Gasteiger partial charge in [0, 0.05) is 19.6 Å². The lowest BCUT2D eigenvalue weighted by atomic mass is 10.2. The summed E-state index contributed by atoms with van der Waals surface area (Å²) in [6, 6.07) is 8.71. The van der Waals surface area contributed by atoms with E-state index in [1.54, 1.807) is 24.3 Å². The highest BCUT2D eigenvalue weighted by molar-refractivity contribution is 7.90. The van der Waals surface area contributed by atoms with Crippen LogP contribution in [0.2, 0.25) is 0 Å². The van der Waals surface area contributed by atoms with Crippen LogP contribution in [0.4, 0.5) is 0 Å². The van der Waals surface area contributed by atoms with Gasteiger partial charge in [-0.3, -0.25) is 4.90 Å². The highest BCUT2D eigenvalue weighted by Gasteiger charge is 2.16. The van der Waals surface area contributed by atoms with E-state index in [-0.39, 0.29) is 11.5 Å². The maximum Gasteiger partial charge on any atom is 0.155 e. The summed E-state index contributed by atoms with van der Waals surface area (Å²) < 4.78 is 29.4. The van der Waals surface area contributed by atoms with E-state index in [0.717, 1.165) is 18.7 Å². The van der Waals surface area contributed by atoms with Crippen LogP contribution >= 0.6 is 0 Å². The molecule has 1 heterocycles. The van der Waals surface area contributed by atoms with Crippen LogP contribution in [0.15, 0.2) is 24.3 Å². The first-order valence-electron chi connectivity index (χ1n) is 6.59. The zero-order valence-electron chi connectivity index (χ0n) is 11.3. The first-order valence-corrected chi connectivity index (χ1v) is 8.41. The number of benzene rings is 1. The van der Waals surface area contributed by atoms with Crippen molar-refractivity contribution in [3.05, 3.63) is 35.4 Å². The number of ether oxygens (including phenoxy) is 1. The first kappa shape index (κ1) is 15.0. The predicted molar refractivity (Wildman–Crippen MR) is 75.9 cm³/mol. The highest BCUT2D eigenvalue weighted by Crippen LogP contribution is 2.09. The van der Waals surface area contributed by atoms with Crippen molar-refractivity contribution in [3.8, 4) is 6.07 Å². The minimum Gasteiger partial charge on any atom is -0.379 e. The smallest absolute Gasteiger partial charge is 0.155 e. The van der Waals surface area contributed by atoms with Crippen molar-refractivity contribution in [3.63, 3.8) is 0 Å². The Morgan fingerprint density at radius 3 is 2.45 bits per heavy atom. The Hall–Kier alpha value is -1.42. The van der Waals surface area contributed by atoms with Gasteiger partial charge in [0.15, 0.2) is 9.84 Å². The van der Waals surface area contributed by atoms with Gasteiger partial charge in [-0.15, -0.1) is 0 Å². The quantitative estimate of drug-likeness (QED) is 0.803. The third-order valence-corrected chi connectivity index (χ3v) is 4.87. The fraction of sp³-hybridized carbons (Fsp3) is 0.500. The van der Waals surface area contributed by atoms with Crippen LogP contribution in [0.3, 0.4) is 0 Å². The molecule has 1 fully saturated rings. The third kappa shape index (κ3) is 4.60. The average molecular weight is 294 g/mol. The Kier molecular flexibility index (Phi) is 5.12. The predicted octanol–water partition coefficient (Wildman–Crippen LogP) is 0.805. The molecule has 1 aromatic rings. The lowest BCUT2D eigenvalue weighted by Gasteiger charge is -2.26. The molecule has 108 valence electrons. The molecule has 0 atom stereocenters. The van der Waals surface area contributed by atoms with Gasteiger partial charge in [-0.2, -0.15) is 5.26 Å². The van der Waals surface area contributed by atoms with E-state index in [9.17, 15) is 8.42 Å². The Morgan fingerprint density at radius 1 is 1.20 bits per heavy atom. The molecule has 6 heteroatoms. The minimum atomic E-state index is -3.12. The number of sulfone groups is 1. The second-order valence-corrected chi connectivity index (χ2v) is 7.04. The fourth-order valence-electron chi connectivity index (χ4n) is 2.09. The van der Waals surface area contributed by atoms with Gasteiger partial charge in [-0.25, -0.2) is 8.42 Å². The number of hydrogen-bond donors (Lipinski definition) is 0. The number of morpholine rings is 1. The molecular formula is C14H18N2O3S. The second kappa shape index (κ2) is 6.84. The van der Waals surface area contributed by atoms with E-state index in [2.05, 4.69) is 4.90 Å². The van der Waals surface area contributed by atoms with Gasteiger partial charge in [-0.05, 0) is 17.7 Å². The maximum atomic E-state index is 12.1. The standard InChI is InChI=1S/C14H18N2O3S/c15-11-13-1-3-14(4-2-13)12-20(17,18)10-7-16-5-8-19-9-6-16/h1-4H,5-10,12H2. The van der Waals surface area contributed by atoms with Crippen molar-refractivity contribution < 1.29 is 13.2 Å². The lowest BCUT2D eigenvalue weighted by Crippen LogP contribution is -2.39. The summed E-state index contributed by atoms with van der Waals surface area (Å²) in [5.74, 6) is 0.191. The van der Waals surface area contributed by atoms with Crippen molar-refractivity contribution in [2.75, 3.05) is 38.6 Å². The molecule has 0 bridgehead atoms. The van der Waals surface area contributed by atoms with Crippen LogP contribution in [0, 0.1) is 11.3 Å². The number of nitrogens with zero attached hydrogens (tertiary/aromatic N) is 2. The Bertz CT molecular complexity index is 569. The van der Waals surface area contributed by atoms with Crippen LogP contribution in [0.1, 0.15) is 11.1 Å². The molecule has 5 nitrogen and oxygen atoms in total. The van der Waals surface area contributed by atoms with E-state index in [4.69, 9.17) is 10.00 Å². The number of hydrogen-bond acceptors (Lipinski definition) is 5. The van der Waals surface area contributed by atoms with Gasteiger partial charge < -0.3 is 4.74 Å². The first-order chi connectivity index (χ1) is 9.59. The van der Waals surface area contributed by atoms with Crippen LogP contribution < -0.4 is 0 Å². The van der Waals surface area contributed by atoms with Crippen LogP contribution in [-0.4, -0.2) is 51.9 Å². The summed E-state index contributed by atoms with van der Waals surface area (Å²) in [6.45, 7) is 3.51. The van der Waals surface area contributed by atoms with Gasteiger partial charge in [0.05, 0.1) is 36.4 Å². The SMILES string of the molecule is N#Cc1ccc(CS(=O)(=O)CCN2CCOCC2)cc1. The number of rotatable bonds is 5. The van der Waals surface area contributed by atoms with Gasteiger partial charge in [0.25, 0.3) is 0 Å². The zero-order valence-corrected chi connectivity index (χ0v) is 12.1. The molecule has 0 radical (unpaired) electrons. The topological polar surface area (TPSA) is 70.4 Å². The van der Waals surface area contributed by atoms with Gasteiger partial charge in [0.2, 0.25) is 0 Å². The molecule has 1 aromatic carbocycles. The molecule has 1 saturated heterocycles. The summed E-state index contributed by atoms with van der Waals surface area (Å²) in [5.41, 5.74) is 1.27. The van der Waals surface area contributed by atoms with Gasteiger partial charge in [-0.1, -0.05) is 12.1 Å². The largest absolute Gasteiger partial charge is 0.379 e. The lowest BCUT2D eigenvalue weighted by molar-refractivity contribution is 0.0408. The van der Waals surface area contributed by atoms with Crippen LogP contribution in [0.5, 0.6) is 0 Å². The van der Waals surface area contributed by atoms with Crippen molar-refractivity contribution in [1.29, 1.82) is 5.26 Å². The fourth-order valence-corrected chi connectivity index (χ4v) is 3.48. The zero-order chi connectivity index (χ0) is 14.4. The molecule has 0 N–H and O–H groups in total. The summed E-state index contributed by atoms with van der Waals surface area (Å²) >= 11 is 0. The molecule has 20 heavy (non-hydrogen) atoms. The average Bonchev–Trinajstić information content (AvgIpc) is 2.47. The molecule has 1 aliphatic heterocycles. The minimum absolute atomic E-state index is 0.0308. The van der Waals surface area contributed by atoms with Crippen molar-refractivity contribution in [1.82, 2.24) is 4.90 Å². The molecule has 0 saturated carbocycles. The van der Waals surface area contributed by atoms with Gasteiger partial charge in [0.1, 0.15) is 0 Å². The summed E-state index contributed by atoms with van der Waals surface area (Å²) in [7, 11) is -3.12. The van der Waals surface area contributed by atoms with E-state index in [1.165, 1.54) is 0 Å². The normalized spacial score (nSPS) is 16.8. The molecule has 0 aromatic heterocycles. The monoisotopic (exact) mass is 294 g/mol. The van der Waals surface area contributed by atoms with Crippen LogP contribution in [0.25, 0.3) is 0 Å². The number of nitriles is 1. The van der Waals surface area contributed by atoms with Crippen LogP contribution in [-0.2, 0) is 20.3 Å². The summed E-state index contributed by atoms with van der Waals surface area (Å²) in [4.78, 5) is 2.11. The van der Waals surface area contributed by atoms with E-state index in [1.807, 2.05) is 6.07 Å². The molecule has 2 rings (SSSR count). The van der Waals surface area contributed by atoms with Crippen molar-refractivity contribution in [2.45, 2.75) is 5.75 Å². The van der Waals surface area contributed by atoms with Crippen molar-refractivity contribution >= 4 is 9.84 Å². The maximum absolute atomic E-state index is 12.1. The Morgan fingerprint density at radius 2 is 1.85 bits per heavy atom. The van der Waals surface area contributed by atoms with Gasteiger partial charge >= 0.3 is 0 Å². The van der Waals surface area contributed by atoms with E-state index >= 15 is 0 Å². The summed E-state index contributed by atoms with van der Waals surface area (Å²) in [6.07, 6.45) is 0. The molecule has 0 unspecified atom stereocenters. The molecular weight excluding hydrogens is 276 g/mol. The molecule has 1 aliphatic rings. The highest BCUT2D eigenvalue weighted by atomic mass is 32.2. The third-order valence-electron chi connectivity index (χ3n) is 3.29. The molecule has 0 spiro atoms. The van der Waals surface area contributed by atoms with E-state index in [0.29, 0.717) is 25.3 Å². The van der Waals surface area contributed by atoms with Crippen molar-refractivity contribution in [2.24, 2.45) is 0 Å². The second-order valence-electron chi connectivity index (χ2n) is 4.85. The molecule has 0 aliphatic carbocycles. The van der Waals surface area contributed by atoms with E-state index < -0.39 is 9.84 Å². The molecule has 0 amide bonds. The summed E-state index contributed by atoms with van der Waals surface area (Å²) in [5, 5.41) is 8.71.